The number of anilines is 1. The van der Waals surface area contributed by atoms with Crippen LogP contribution in [0.15, 0.2) is 47.5 Å². The topological polar surface area (TPSA) is 83.4 Å². The summed E-state index contributed by atoms with van der Waals surface area (Å²) < 4.78 is 53.7. The Balaban J connectivity index is 0.00000338. The number of guanidine groups is 1. The van der Waals surface area contributed by atoms with E-state index in [1.165, 1.54) is 24.3 Å². The molecule has 138 valence electrons. The van der Waals surface area contributed by atoms with Gasteiger partial charge in [0.2, 0.25) is 0 Å². The molecule has 0 spiro atoms. The van der Waals surface area contributed by atoms with E-state index >= 15 is 0 Å². The van der Waals surface area contributed by atoms with Crippen LogP contribution in [-0.2, 0) is 6.54 Å². The molecule has 0 aliphatic heterocycles. The molecular formula is C16H13F4IN4O. The van der Waals surface area contributed by atoms with Gasteiger partial charge in [-0.25, -0.2) is 9.38 Å². The summed E-state index contributed by atoms with van der Waals surface area (Å²) in [5.41, 5.74) is 6.48. The smallest absolute Gasteiger partial charge is 0.406 e. The molecule has 0 aliphatic rings. The van der Waals surface area contributed by atoms with E-state index in [2.05, 4.69) is 15.0 Å². The van der Waals surface area contributed by atoms with E-state index in [4.69, 9.17) is 11.0 Å². The van der Waals surface area contributed by atoms with Gasteiger partial charge in [-0.3, -0.25) is 0 Å². The average molecular weight is 480 g/mol. The monoisotopic (exact) mass is 480 g/mol. The van der Waals surface area contributed by atoms with Gasteiger partial charge in [0, 0.05) is 11.3 Å². The van der Waals surface area contributed by atoms with Crippen LogP contribution in [0.1, 0.15) is 11.1 Å². The Morgan fingerprint density at radius 3 is 2.38 bits per heavy atom. The van der Waals surface area contributed by atoms with E-state index in [-0.39, 0.29) is 53.4 Å². The third-order valence-corrected chi connectivity index (χ3v) is 2.96. The number of hydrogen-bond acceptors (Lipinski definition) is 3. The molecule has 5 nitrogen and oxygen atoms in total. The second-order valence-electron chi connectivity index (χ2n) is 4.82. The number of ether oxygens (including phenoxy) is 1. The van der Waals surface area contributed by atoms with Crippen molar-refractivity contribution in [2.75, 3.05) is 5.32 Å². The van der Waals surface area contributed by atoms with E-state index < -0.39 is 12.2 Å². The maximum Gasteiger partial charge on any atom is 0.573 e. The zero-order valence-electron chi connectivity index (χ0n) is 13.0. The number of nitriles is 1. The van der Waals surface area contributed by atoms with Crippen molar-refractivity contribution in [1.29, 1.82) is 5.26 Å². The SMILES string of the molecule is I.N#Cc1ccc(CN=C(N)Nc2ccc(OC(F)(F)F)cc2)c(F)c1. The molecule has 0 heterocycles. The first-order valence-corrected chi connectivity index (χ1v) is 6.88. The normalized spacial score (nSPS) is 11.3. The molecule has 10 heteroatoms. The molecule has 0 fully saturated rings. The van der Waals surface area contributed by atoms with E-state index in [0.29, 0.717) is 5.69 Å². The number of aliphatic imine (C=N–C) groups is 1. The summed E-state index contributed by atoms with van der Waals surface area (Å²) in [5, 5.41) is 11.3. The van der Waals surface area contributed by atoms with Crippen molar-refractivity contribution in [2.45, 2.75) is 12.9 Å². The first-order chi connectivity index (χ1) is 11.8. The lowest BCUT2D eigenvalue weighted by molar-refractivity contribution is -0.274. The van der Waals surface area contributed by atoms with Gasteiger partial charge in [-0.1, -0.05) is 6.07 Å². The highest BCUT2D eigenvalue weighted by molar-refractivity contribution is 14.0. The Kier molecular flexibility index (Phi) is 7.63. The zero-order valence-corrected chi connectivity index (χ0v) is 15.4. The highest BCUT2D eigenvalue weighted by Gasteiger charge is 2.30. The van der Waals surface area contributed by atoms with Crippen molar-refractivity contribution in [2.24, 2.45) is 10.7 Å². The maximum atomic E-state index is 13.7. The van der Waals surface area contributed by atoms with Crippen molar-refractivity contribution < 1.29 is 22.3 Å². The second-order valence-corrected chi connectivity index (χ2v) is 4.82. The minimum atomic E-state index is -4.76. The van der Waals surface area contributed by atoms with Crippen LogP contribution < -0.4 is 15.8 Å². The molecule has 0 bridgehead atoms. The van der Waals surface area contributed by atoms with E-state index in [1.807, 2.05) is 6.07 Å². The third kappa shape index (κ3) is 6.75. The lowest BCUT2D eigenvalue weighted by atomic mass is 10.1. The van der Waals surface area contributed by atoms with Crippen LogP contribution in [0.4, 0.5) is 23.2 Å². The Bertz CT molecular complexity index is 816. The van der Waals surface area contributed by atoms with Gasteiger partial charge in [-0.05, 0) is 36.4 Å². The van der Waals surface area contributed by atoms with Crippen LogP contribution in [0.2, 0.25) is 0 Å². The van der Waals surface area contributed by atoms with Gasteiger partial charge < -0.3 is 15.8 Å². The van der Waals surface area contributed by atoms with E-state index in [1.54, 1.807) is 0 Å². The van der Waals surface area contributed by atoms with Crippen molar-refractivity contribution in [3.05, 3.63) is 59.4 Å². The lowest BCUT2D eigenvalue weighted by Gasteiger charge is -2.10. The van der Waals surface area contributed by atoms with Gasteiger partial charge in [0.1, 0.15) is 11.6 Å². The van der Waals surface area contributed by atoms with Gasteiger partial charge in [0.05, 0.1) is 18.2 Å². The van der Waals surface area contributed by atoms with Crippen LogP contribution in [-0.4, -0.2) is 12.3 Å². The van der Waals surface area contributed by atoms with Crippen LogP contribution in [0.5, 0.6) is 5.75 Å². The van der Waals surface area contributed by atoms with Crippen LogP contribution in [0, 0.1) is 17.1 Å². The number of hydrogen-bond donors (Lipinski definition) is 2. The molecule has 2 aromatic rings. The molecule has 0 aliphatic carbocycles. The van der Waals surface area contributed by atoms with Gasteiger partial charge in [-0.2, -0.15) is 5.26 Å². The molecule has 0 atom stereocenters. The molecule has 3 N–H and O–H groups in total. The first kappa shape index (κ1) is 21.5. The summed E-state index contributed by atoms with van der Waals surface area (Å²) in [7, 11) is 0. The van der Waals surface area contributed by atoms with Crippen LogP contribution in [0.25, 0.3) is 0 Å². The van der Waals surface area contributed by atoms with Crippen LogP contribution >= 0.6 is 24.0 Å². The van der Waals surface area contributed by atoms with Crippen LogP contribution in [0.3, 0.4) is 0 Å². The lowest BCUT2D eigenvalue weighted by Crippen LogP contribution is -2.22. The molecule has 2 rings (SSSR count). The van der Waals surface area contributed by atoms with Gasteiger partial charge in [0.25, 0.3) is 0 Å². The molecule has 0 amide bonds. The predicted octanol–water partition coefficient (Wildman–Crippen LogP) is 4.14. The van der Waals surface area contributed by atoms with Gasteiger partial charge in [-0.15, -0.1) is 37.1 Å². The summed E-state index contributed by atoms with van der Waals surface area (Å²) in [6.45, 7) is -0.0638. The molecule has 0 saturated carbocycles. The minimum absolute atomic E-state index is 0. The number of nitrogens with zero attached hydrogens (tertiary/aromatic N) is 2. The quantitative estimate of drug-likeness (QED) is 0.298. The summed E-state index contributed by atoms with van der Waals surface area (Å²) in [4.78, 5) is 3.94. The number of benzene rings is 2. The molecule has 0 saturated heterocycles. The summed E-state index contributed by atoms with van der Waals surface area (Å²) >= 11 is 0. The number of rotatable bonds is 4. The Morgan fingerprint density at radius 1 is 1.19 bits per heavy atom. The van der Waals surface area contributed by atoms with E-state index in [9.17, 15) is 17.6 Å². The fraction of sp³-hybridized carbons (Fsp3) is 0.125. The number of halogens is 5. The number of nitrogens with two attached hydrogens (primary N) is 1. The molecule has 0 aromatic heterocycles. The predicted molar refractivity (Wildman–Crippen MR) is 98.6 cm³/mol. The first-order valence-electron chi connectivity index (χ1n) is 6.88. The molecule has 0 radical (unpaired) electrons. The van der Waals surface area contributed by atoms with Crippen molar-refractivity contribution in [3.8, 4) is 11.8 Å². The van der Waals surface area contributed by atoms with Crippen molar-refractivity contribution >= 4 is 35.6 Å². The maximum absolute atomic E-state index is 13.7. The number of alkyl halides is 3. The average Bonchev–Trinajstić information content (AvgIpc) is 2.54. The minimum Gasteiger partial charge on any atom is -0.406 e. The fourth-order valence-corrected chi connectivity index (χ4v) is 1.84. The Labute approximate surface area is 163 Å². The molecule has 2 aromatic carbocycles. The Hall–Kier alpha value is -2.55. The van der Waals surface area contributed by atoms with Gasteiger partial charge in [0.15, 0.2) is 5.96 Å². The summed E-state index contributed by atoms with van der Waals surface area (Å²) in [6, 6.07) is 10.7. The molecule has 26 heavy (non-hydrogen) atoms. The van der Waals surface area contributed by atoms with E-state index in [0.717, 1.165) is 18.2 Å². The zero-order chi connectivity index (χ0) is 18.4. The van der Waals surface area contributed by atoms with Gasteiger partial charge >= 0.3 is 6.36 Å². The van der Waals surface area contributed by atoms with Crippen molar-refractivity contribution in [1.82, 2.24) is 0 Å². The highest BCUT2D eigenvalue weighted by atomic mass is 127. The fourth-order valence-electron chi connectivity index (χ4n) is 1.84. The molecule has 0 unspecified atom stereocenters. The third-order valence-electron chi connectivity index (χ3n) is 2.96. The summed E-state index contributed by atoms with van der Waals surface area (Å²) in [6.07, 6.45) is -4.76. The number of nitrogens with one attached hydrogen (secondary N) is 1. The largest absolute Gasteiger partial charge is 0.573 e. The molecular weight excluding hydrogens is 467 g/mol. The van der Waals surface area contributed by atoms with Crippen molar-refractivity contribution in [3.63, 3.8) is 0 Å². The highest BCUT2D eigenvalue weighted by Crippen LogP contribution is 2.23. The standard InChI is InChI=1S/C16H12F4N4O.HI/c17-14-7-10(8-21)1-2-11(14)9-23-15(22)24-12-3-5-13(6-4-12)25-16(18,19)20;/h1-7H,9H2,(H3,22,23,24);1H. The summed E-state index contributed by atoms with van der Waals surface area (Å²) in [5.74, 6) is -0.995. The second kappa shape index (κ2) is 9.23. The Morgan fingerprint density at radius 2 is 1.85 bits per heavy atom.